The lowest BCUT2D eigenvalue weighted by Gasteiger charge is -2.47. The molecular weight excluding hydrogens is 712 g/mol. The van der Waals surface area contributed by atoms with Crippen molar-refractivity contribution in [3.8, 4) is 23.0 Å². The normalized spacial score (nSPS) is 36.4. The number of benzene rings is 2. The summed E-state index contributed by atoms with van der Waals surface area (Å²) in [6, 6.07) is 7.83. The average Bonchev–Trinajstić information content (AvgIpc) is 3.13. The number of hydrogen-bond acceptors (Lipinski definition) is 19. The van der Waals surface area contributed by atoms with E-state index in [0.29, 0.717) is 5.56 Å². The van der Waals surface area contributed by atoms with Gasteiger partial charge in [-0.25, -0.2) is 4.79 Å². The van der Waals surface area contributed by atoms with Crippen LogP contribution < -0.4 is 0 Å². The third-order valence-corrected chi connectivity index (χ3v) is 8.97. The molecule has 3 saturated heterocycles. The molecule has 11 N–H and O–H groups in total. The summed E-state index contributed by atoms with van der Waals surface area (Å²) < 4.78 is 40.1. The van der Waals surface area contributed by atoms with Crippen molar-refractivity contribution in [2.75, 3.05) is 19.8 Å². The Morgan fingerprint density at radius 3 is 2.11 bits per heavy atom. The van der Waals surface area contributed by atoms with Crippen LogP contribution in [0.2, 0.25) is 0 Å². The van der Waals surface area contributed by atoms with E-state index in [1.165, 1.54) is 49.4 Å². The van der Waals surface area contributed by atoms with E-state index < -0.39 is 117 Å². The smallest absolute Gasteiger partial charge is 0.331 e. The molecule has 294 valence electrons. The van der Waals surface area contributed by atoms with E-state index in [9.17, 15) is 61.0 Å². The first-order chi connectivity index (χ1) is 25.1. The summed E-state index contributed by atoms with van der Waals surface area (Å²) >= 11 is 0. The van der Waals surface area contributed by atoms with Crippen molar-refractivity contribution in [2.45, 2.75) is 99.4 Å². The zero-order valence-electron chi connectivity index (χ0n) is 28.2. The summed E-state index contributed by atoms with van der Waals surface area (Å²) in [5, 5.41) is 112. The quantitative estimate of drug-likeness (QED) is 0.0603. The van der Waals surface area contributed by atoms with Gasteiger partial charge in [0, 0.05) is 6.08 Å². The predicted octanol–water partition coefficient (Wildman–Crippen LogP) is -2.55. The summed E-state index contributed by atoms with van der Waals surface area (Å²) in [4.78, 5) is 13.2. The molecule has 3 aliphatic heterocycles. The Labute approximate surface area is 302 Å². The summed E-state index contributed by atoms with van der Waals surface area (Å²) in [7, 11) is 0. The van der Waals surface area contributed by atoms with Crippen LogP contribution in [0.5, 0.6) is 23.0 Å². The summed E-state index contributed by atoms with van der Waals surface area (Å²) in [6.07, 6.45) is -20.0. The largest absolute Gasteiger partial charge is 0.504 e. The van der Waals surface area contributed by atoms with Gasteiger partial charge in [-0.15, -0.1) is 0 Å². The van der Waals surface area contributed by atoms with Crippen molar-refractivity contribution in [3.63, 3.8) is 0 Å². The number of aromatic hydroxyl groups is 4. The highest BCUT2D eigenvalue weighted by molar-refractivity contribution is 5.87. The van der Waals surface area contributed by atoms with E-state index >= 15 is 0 Å². The van der Waals surface area contributed by atoms with E-state index in [4.69, 9.17) is 33.2 Å². The first-order valence-electron chi connectivity index (χ1n) is 16.6. The topological polar surface area (TPSA) is 304 Å². The van der Waals surface area contributed by atoms with Gasteiger partial charge >= 0.3 is 5.97 Å². The third kappa shape index (κ3) is 9.72. The zero-order valence-corrected chi connectivity index (χ0v) is 28.2. The molecule has 3 fully saturated rings. The molecular formula is C34H44O19. The number of hydrogen-bond donors (Lipinski definition) is 11. The average molecular weight is 757 g/mol. The van der Waals surface area contributed by atoms with Gasteiger partial charge in [0.05, 0.1) is 25.9 Å². The molecule has 0 aromatic heterocycles. The van der Waals surface area contributed by atoms with Crippen molar-refractivity contribution >= 4 is 12.0 Å². The van der Waals surface area contributed by atoms with Crippen molar-refractivity contribution in [1.29, 1.82) is 0 Å². The molecule has 0 bridgehead atoms. The number of phenolic OH excluding ortho intramolecular Hbond substituents is 4. The molecule has 0 radical (unpaired) electrons. The molecule has 0 unspecified atom stereocenters. The lowest BCUT2D eigenvalue weighted by molar-refractivity contribution is -0.362. The van der Waals surface area contributed by atoms with Gasteiger partial charge in [0.1, 0.15) is 54.9 Å². The Morgan fingerprint density at radius 2 is 1.42 bits per heavy atom. The minimum absolute atomic E-state index is 0.136. The maximum absolute atomic E-state index is 13.2. The minimum Gasteiger partial charge on any atom is -0.504 e. The van der Waals surface area contributed by atoms with Gasteiger partial charge in [-0.1, -0.05) is 12.1 Å². The minimum atomic E-state index is -1.86. The summed E-state index contributed by atoms with van der Waals surface area (Å²) in [5.74, 6) is -2.62. The summed E-state index contributed by atoms with van der Waals surface area (Å²) in [6.45, 7) is 0.237. The summed E-state index contributed by atoms with van der Waals surface area (Å²) in [5.41, 5.74) is 0.813. The molecule has 53 heavy (non-hydrogen) atoms. The Kier molecular flexibility index (Phi) is 13.5. The van der Waals surface area contributed by atoms with Gasteiger partial charge in [-0.3, -0.25) is 0 Å². The molecule has 0 amide bonds. The van der Waals surface area contributed by atoms with E-state index in [1.54, 1.807) is 0 Å². The van der Waals surface area contributed by atoms with Crippen LogP contribution in [0.15, 0.2) is 42.5 Å². The van der Waals surface area contributed by atoms with Crippen molar-refractivity contribution in [2.24, 2.45) is 0 Å². The SMILES string of the molecule is C[C@@H]1O[C@@H](O[C@@H]2[C@@H](O)[C@H](OCCc3ccc(O)c(O)c3)O[C@H](CO[C@@H]3OC[C@@H](O)[C@@H](O)[C@@H]3O)[C@H]2OC(=O)/C=C/c2ccc(O)c(O)c2)[C@H](O)[C@H](O)[C@H]1O. The zero-order chi connectivity index (χ0) is 38.6. The number of carbonyl (C=O) groups is 1. The second kappa shape index (κ2) is 17.6. The number of esters is 1. The van der Waals surface area contributed by atoms with Crippen LogP contribution in [0.3, 0.4) is 0 Å². The first kappa shape index (κ1) is 40.5. The predicted molar refractivity (Wildman–Crippen MR) is 174 cm³/mol. The fourth-order valence-corrected chi connectivity index (χ4v) is 5.86. The fraction of sp³-hybridized carbons (Fsp3) is 0.559. The highest BCUT2D eigenvalue weighted by atomic mass is 16.8. The number of carbonyl (C=O) groups excluding carboxylic acids is 1. The van der Waals surface area contributed by atoms with Gasteiger partial charge < -0.3 is 89.3 Å². The Hall–Kier alpha value is -3.67. The van der Waals surface area contributed by atoms with E-state index in [0.717, 1.165) is 6.08 Å². The Bertz CT molecular complexity index is 1560. The monoisotopic (exact) mass is 756 g/mol. The van der Waals surface area contributed by atoms with Crippen molar-refractivity contribution in [1.82, 2.24) is 0 Å². The van der Waals surface area contributed by atoms with Gasteiger partial charge in [-0.05, 0) is 54.8 Å². The second-order valence-corrected chi connectivity index (χ2v) is 12.8. The molecule has 19 heteroatoms. The van der Waals surface area contributed by atoms with E-state index in [-0.39, 0.29) is 30.1 Å². The van der Waals surface area contributed by atoms with E-state index in [2.05, 4.69) is 0 Å². The fourth-order valence-electron chi connectivity index (χ4n) is 5.86. The van der Waals surface area contributed by atoms with Crippen LogP contribution in [0, 0.1) is 0 Å². The van der Waals surface area contributed by atoms with Gasteiger partial charge in [0.2, 0.25) is 0 Å². The molecule has 14 atom stereocenters. The third-order valence-electron chi connectivity index (χ3n) is 8.97. The molecule has 2 aromatic carbocycles. The molecule has 0 spiro atoms. The number of aliphatic hydroxyl groups is 7. The van der Waals surface area contributed by atoms with E-state index in [1.807, 2.05) is 0 Å². The Morgan fingerprint density at radius 1 is 0.736 bits per heavy atom. The van der Waals surface area contributed by atoms with Gasteiger partial charge in [-0.2, -0.15) is 0 Å². The maximum Gasteiger partial charge on any atom is 0.331 e. The molecule has 3 aliphatic rings. The number of rotatable bonds is 12. The highest BCUT2D eigenvalue weighted by Crippen LogP contribution is 2.33. The number of aliphatic hydroxyl groups excluding tert-OH is 7. The number of phenols is 4. The molecule has 19 nitrogen and oxygen atoms in total. The first-order valence-corrected chi connectivity index (χ1v) is 16.6. The van der Waals surface area contributed by atoms with Crippen LogP contribution in [0.4, 0.5) is 0 Å². The lowest BCUT2D eigenvalue weighted by Crippen LogP contribution is -2.65. The van der Waals surface area contributed by atoms with Gasteiger partial charge in [0.15, 0.2) is 48.0 Å². The Balaban J connectivity index is 1.42. The van der Waals surface area contributed by atoms with Gasteiger partial charge in [0.25, 0.3) is 0 Å². The van der Waals surface area contributed by atoms with Crippen LogP contribution >= 0.6 is 0 Å². The lowest BCUT2D eigenvalue weighted by atomic mass is 9.96. The highest BCUT2D eigenvalue weighted by Gasteiger charge is 2.53. The second-order valence-electron chi connectivity index (χ2n) is 12.8. The van der Waals surface area contributed by atoms with Crippen molar-refractivity contribution in [3.05, 3.63) is 53.6 Å². The van der Waals surface area contributed by atoms with Crippen LogP contribution in [0.25, 0.3) is 6.08 Å². The molecule has 5 rings (SSSR count). The van der Waals surface area contributed by atoms with Crippen LogP contribution in [0.1, 0.15) is 18.1 Å². The maximum atomic E-state index is 13.2. The molecule has 0 saturated carbocycles. The van der Waals surface area contributed by atoms with Crippen LogP contribution in [-0.4, -0.2) is 168 Å². The van der Waals surface area contributed by atoms with Crippen LogP contribution in [-0.2, 0) is 44.4 Å². The standard InChI is InChI=1S/C34H44O19/c1-14-24(41)26(43)28(45)34(50-14)53-31-29(46)33(47-9-8-16-3-6-18(36)20(38)11-16)51-22(13-49-32-27(44)25(42)21(39)12-48-32)30(31)52-23(40)7-4-15-2-5-17(35)19(37)10-15/h2-7,10-11,14,21-22,24-39,41-46H,8-9,12-13H2,1H3/b7-4+/t14-,21+,22+,24-,25+,26+,27-,28+,29+,30+,31+,32-,33+,34-/m0/s1. The molecule has 0 aliphatic carbocycles. The number of ether oxygens (including phenoxy) is 7. The van der Waals surface area contributed by atoms with Crippen molar-refractivity contribution < 1.29 is 94.1 Å². The molecule has 3 heterocycles. The molecule has 2 aromatic rings.